The van der Waals surface area contributed by atoms with Crippen molar-refractivity contribution in [1.82, 2.24) is 9.97 Å². The molecular formula is C14H15FN6. The Morgan fingerprint density at radius 3 is 2.57 bits per heavy atom. The molecule has 0 saturated carbocycles. The molecule has 2 aromatic rings. The Hall–Kier alpha value is -2.72. The lowest BCUT2D eigenvalue weighted by molar-refractivity contribution is 0.624. The number of nitriles is 1. The second-order valence-electron chi connectivity index (χ2n) is 4.73. The van der Waals surface area contributed by atoms with Crippen molar-refractivity contribution in [2.24, 2.45) is 5.84 Å². The predicted octanol–water partition coefficient (Wildman–Crippen LogP) is 2.64. The maximum absolute atomic E-state index is 13.3. The van der Waals surface area contributed by atoms with Crippen LogP contribution in [-0.4, -0.2) is 9.97 Å². The molecule has 0 bridgehead atoms. The number of anilines is 3. The molecule has 0 aliphatic heterocycles. The standard InChI is InChI=1S/C14H15FN6/c1-8(2)14-19-12(6-13(20-14)21-17)18-10-3-4-11(15)9(5-10)7-16/h3-6,8H,17H2,1-2H3,(H2,18,19,20,21). The Morgan fingerprint density at radius 2 is 1.95 bits per heavy atom. The molecule has 7 heteroatoms. The minimum absolute atomic E-state index is 0.0321. The zero-order valence-corrected chi connectivity index (χ0v) is 11.7. The van der Waals surface area contributed by atoms with Gasteiger partial charge in [-0.05, 0) is 18.2 Å². The SMILES string of the molecule is CC(C)c1nc(NN)cc(Nc2ccc(F)c(C#N)c2)n1. The average molecular weight is 286 g/mol. The van der Waals surface area contributed by atoms with Gasteiger partial charge in [-0.2, -0.15) is 5.26 Å². The number of hydrazine groups is 1. The molecule has 1 aromatic carbocycles. The molecule has 0 saturated heterocycles. The second kappa shape index (κ2) is 6.15. The van der Waals surface area contributed by atoms with Gasteiger partial charge in [-0.1, -0.05) is 13.8 Å². The summed E-state index contributed by atoms with van der Waals surface area (Å²) in [6.07, 6.45) is 0. The zero-order chi connectivity index (χ0) is 15.4. The van der Waals surface area contributed by atoms with E-state index in [0.29, 0.717) is 23.1 Å². The van der Waals surface area contributed by atoms with Crippen LogP contribution < -0.4 is 16.6 Å². The fraction of sp³-hybridized carbons (Fsp3) is 0.214. The first-order valence-electron chi connectivity index (χ1n) is 6.35. The largest absolute Gasteiger partial charge is 0.340 e. The lowest BCUT2D eigenvalue weighted by atomic mass is 10.2. The summed E-state index contributed by atoms with van der Waals surface area (Å²) >= 11 is 0. The molecule has 0 fully saturated rings. The molecule has 108 valence electrons. The van der Waals surface area contributed by atoms with Crippen molar-refractivity contribution in [3.63, 3.8) is 0 Å². The van der Waals surface area contributed by atoms with Gasteiger partial charge in [0, 0.05) is 17.7 Å². The van der Waals surface area contributed by atoms with Crippen molar-refractivity contribution in [3.05, 3.63) is 41.5 Å². The molecular weight excluding hydrogens is 271 g/mol. The summed E-state index contributed by atoms with van der Waals surface area (Å²) in [6.45, 7) is 3.93. The topological polar surface area (TPSA) is 99.6 Å². The van der Waals surface area contributed by atoms with E-state index in [1.807, 2.05) is 13.8 Å². The van der Waals surface area contributed by atoms with E-state index in [1.54, 1.807) is 12.1 Å². The smallest absolute Gasteiger partial charge is 0.145 e. The molecule has 0 amide bonds. The van der Waals surface area contributed by atoms with Crippen LogP contribution in [0.3, 0.4) is 0 Å². The molecule has 0 aliphatic rings. The number of benzene rings is 1. The van der Waals surface area contributed by atoms with Crippen LogP contribution in [-0.2, 0) is 0 Å². The van der Waals surface area contributed by atoms with Crippen molar-refractivity contribution in [2.45, 2.75) is 19.8 Å². The third kappa shape index (κ3) is 3.43. The molecule has 21 heavy (non-hydrogen) atoms. The van der Waals surface area contributed by atoms with Gasteiger partial charge in [0.05, 0.1) is 5.56 Å². The van der Waals surface area contributed by atoms with Crippen molar-refractivity contribution in [1.29, 1.82) is 5.26 Å². The van der Waals surface area contributed by atoms with E-state index in [9.17, 15) is 4.39 Å². The first kappa shape index (κ1) is 14.7. The highest BCUT2D eigenvalue weighted by Gasteiger charge is 2.09. The summed E-state index contributed by atoms with van der Waals surface area (Å²) in [6, 6.07) is 7.60. The lowest BCUT2D eigenvalue weighted by Crippen LogP contribution is -2.12. The van der Waals surface area contributed by atoms with Crippen LogP contribution in [0.5, 0.6) is 0 Å². The van der Waals surface area contributed by atoms with Gasteiger partial charge >= 0.3 is 0 Å². The normalized spacial score (nSPS) is 10.3. The molecule has 1 heterocycles. The molecule has 4 N–H and O–H groups in total. The van der Waals surface area contributed by atoms with E-state index in [2.05, 4.69) is 20.7 Å². The van der Waals surface area contributed by atoms with E-state index in [4.69, 9.17) is 11.1 Å². The summed E-state index contributed by atoms with van der Waals surface area (Å²) in [5, 5.41) is 11.8. The molecule has 0 aliphatic carbocycles. The highest BCUT2D eigenvalue weighted by molar-refractivity contribution is 5.61. The Labute approximate surface area is 121 Å². The highest BCUT2D eigenvalue weighted by atomic mass is 19.1. The maximum Gasteiger partial charge on any atom is 0.145 e. The van der Waals surface area contributed by atoms with E-state index in [0.717, 1.165) is 0 Å². The summed E-state index contributed by atoms with van der Waals surface area (Å²) in [7, 11) is 0. The van der Waals surface area contributed by atoms with Crippen LogP contribution >= 0.6 is 0 Å². The minimum atomic E-state index is -0.557. The van der Waals surface area contributed by atoms with Gasteiger partial charge in [-0.3, -0.25) is 0 Å². The van der Waals surface area contributed by atoms with Crippen LogP contribution in [0.1, 0.15) is 31.2 Å². The Balaban J connectivity index is 2.35. The predicted molar refractivity (Wildman–Crippen MR) is 78.3 cm³/mol. The fourth-order valence-electron chi connectivity index (χ4n) is 1.70. The monoisotopic (exact) mass is 286 g/mol. The summed E-state index contributed by atoms with van der Waals surface area (Å²) in [5.41, 5.74) is 3.00. The number of hydrogen-bond acceptors (Lipinski definition) is 6. The fourth-order valence-corrected chi connectivity index (χ4v) is 1.70. The number of nitrogen functional groups attached to an aromatic ring is 1. The summed E-state index contributed by atoms with van der Waals surface area (Å²) in [4.78, 5) is 8.60. The number of rotatable bonds is 4. The highest BCUT2D eigenvalue weighted by Crippen LogP contribution is 2.21. The number of hydrogen-bond donors (Lipinski definition) is 3. The van der Waals surface area contributed by atoms with Crippen LogP contribution in [0.25, 0.3) is 0 Å². The zero-order valence-electron chi connectivity index (χ0n) is 11.7. The molecule has 0 spiro atoms. The minimum Gasteiger partial charge on any atom is -0.340 e. The van der Waals surface area contributed by atoms with Crippen molar-refractivity contribution < 1.29 is 4.39 Å². The number of nitrogens with one attached hydrogen (secondary N) is 2. The van der Waals surface area contributed by atoms with Gasteiger partial charge in [-0.25, -0.2) is 20.2 Å². The van der Waals surface area contributed by atoms with Crippen molar-refractivity contribution in [2.75, 3.05) is 10.7 Å². The Kier molecular flexibility index (Phi) is 4.30. The number of halogens is 1. The van der Waals surface area contributed by atoms with Gasteiger partial charge in [0.1, 0.15) is 29.3 Å². The van der Waals surface area contributed by atoms with Gasteiger partial charge in [0.15, 0.2) is 0 Å². The molecule has 0 unspecified atom stereocenters. The van der Waals surface area contributed by atoms with Gasteiger partial charge < -0.3 is 10.7 Å². The van der Waals surface area contributed by atoms with E-state index in [-0.39, 0.29) is 11.5 Å². The van der Waals surface area contributed by atoms with E-state index >= 15 is 0 Å². The summed E-state index contributed by atoms with van der Waals surface area (Å²) in [5.74, 6) is 6.56. The maximum atomic E-state index is 13.3. The van der Waals surface area contributed by atoms with E-state index < -0.39 is 5.82 Å². The first-order valence-corrected chi connectivity index (χ1v) is 6.35. The molecule has 2 rings (SSSR count). The third-order valence-electron chi connectivity index (χ3n) is 2.77. The van der Waals surface area contributed by atoms with Crippen LogP contribution in [0.2, 0.25) is 0 Å². The second-order valence-corrected chi connectivity index (χ2v) is 4.73. The third-order valence-corrected chi connectivity index (χ3v) is 2.77. The van der Waals surface area contributed by atoms with Gasteiger partial charge in [0.25, 0.3) is 0 Å². The molecule has 6 nitrogen and oxygen atoms in total. The van der Waals surface area contributed by atoms with Crippen LogP contribution in [0.15, 0.2) is 24.3 Å². The van der Waals surface area contributed by atoms with Crippen LogP contribution in [0.4, 0.5) is 21.7 Å². The number of aromatic nitrogens is 2. The summed E-state index contributed by atoms with van der Waals surface area (Å²) < 4.78 is 13.3. The van der Waals surface area contributed by atoms with Crippen molar-refractivity contribution >= 4 is 17.3 Å². The number of nitrogens with zero attached hydrogens (tertiary/aromatic N) is 3. The number of nitrogens with two attached hydrogens (primary N) is 1. The Bertz CT molecular complexity index is 692. The molecule has 0 atom stereocenters. The Morgan fingerprint density at radius 1 is 1.24 bits per heavy atom. The lowest BCUT2D eigenvalue weighted by Gasteiger charge is -2.11. The quantitative estimate of drug-likeness (QED) is 0.590. The van der Waals surface area contributed by atoms with Crippen LogP contribution in [0, 0.1) is 17.1 Å². The molecule has 0 radical (unpaired) electrons. The van der Waals surface area contributed by atoms with Gasteiger partial charge in [0.2, 0.25) is 0 Å². The van der Waals surface area contributed by atoms with Crippen molar-refractivity contribution in [3.8, 4) is 6.07 Å². The average Bonchev–Trinajstić information content (AvgIpc) is 2.48. The molecule has 1 aromatic heterocycles. The van der Waals surface area contributed by atoms with E-state index in [1.165, 1.54) is 18.2 Å². The first-order chi connectivity index (χ1) is 10.0. The van der Waals surface area contributed by atoms with Gasteiger partial charge in [-0.15, -0.1) is 0 Å².